The average Bonchev–Trinajstić information content (AvgIpc) is 3.57. The second-order valence-electron chi connectivity index (χ2n) is 9.93. The second-order valence-corrected chi connectivity index (χ2v) is 9.93. The molecular formula is C29H36N4O3. The molecule has 0 bridgehead atoms. The minimum absolute atomic E-state index is 0.0683. The molecule has 0 saturated carbocycles. The van der Waals surface area contributed by atoms with Crippen molar-refractivity contribution in [3.63, 3.8) is 0 Å². The minimum atomic E-state index is -0.335. The van der Waals surface area contributed by atoms with Crippen LogP contribution in [0.5, 0.6) is 0 Å². The molecule has 2 aromatic rings. The smallest absolute Gasteiger partial charge is 0.410 e. The summed E-state index contributed by atoms with van der Waals surface area (Å²) >= 11 is 0. The summed E-state index contributed by atoms with van der Waals surface area (Å²) in [6.45, 7) is 9.39. The van der Waals surface area contributed by atoms with E-state index in [1.807, 2.05) is 41.3 Å². The van der Waals surface area contributed by atoms with Gasteiger partial charge in [0.25, 0.3) is 5.91 Å². The number of fused-ring (bicyclic) bond motifs is 3. The molecule has 3 aliphatic rings. The molecule has 2 aromatic carbocycles. The largest absolute Gasteiger partial charge is 0.445 e. The number of likely N-dealkylation sites (tertiary alicyclic amines) is 2. The molecule has 36 heavy (non-hydrogen) atoms. The SMILES string of the molecule is C=CCOC(=O)N1CC[C@H]2C(c3ccccc3)Nc3ccc(C(=O)NCC4CCCN4CC)cc3[C@H]21. The molecule has 2 amide bonds. The molecule has 2 unspecified atom stereocenters. The van der Waals surface area contributed by atoms with Crippen LogP contribution in [0.3, 0.4) is 0 Å². The summed E-state index contributed by atoms with van der Waals surface area (Å²) in [7, 11) is 0. The third kappa shape index (κ3) is 4.72. The lowest BCUT2D eigenvalue weighted by Crippen LogP contribution is -2.40. The number of carbonyl (C=O) groups is 2. The van der Waals surface area contributed by atoms with Gasteiger partial charge in [-0.25, -0.2) is 4.79 Å². The van der Waals surface area contributed by atoms with Gasteiger partial charge >= 0.3 is 6.09 Å². The molecule has 7 heteroatoms. The van der Waals surface area contributed by atoms with E-state index < -0.39 is 0 Å². The summed E-state index contributed by atoms with van der Waals surface area (Å²) in [5.74, 6) is 0.104. The standard InChI is InChI=1S/C29H36N4O3/c1-3-17-36-29(35)33-16-14-23-26(20-9-6-5-7-10-20)31-25-13-12-21(18-24(25)27(23)33)28(34)30-19-22-11-8-15-32(22)4-2/h3,5-7,9-10,12-13,18,22-23,26-27,31H,1,4,8,11,14-17,19H2,2H3,(H,30,34)/t22?,23-,26?,27-/m0/s1. The van der Waals surface area contributed by atoms with Gasteiger partial charge in [0.1, 0.15) is 6.61 Å². The first-order valence-corrected chi connectivity index (χ1v) is 13.1. The Morgan fingerprint density at radius 2 is 2.00 bits per heavy atom. The number of likely N-dealkylation sites (N-methyl/N-ethyl adjacent to an activating group) is 1. The van der Waals surface area contributed by atoms with Gasteiger partial charge in [0.05, 0.1) is 12.1 Å². The number of benzene rings is 2. The van der Waals surface area contributed by atoms with E-state index >= 15 is 0 Å². The van der Waals surface area contributed by atoms with E-state index in [-0.39, 0.29) is 36.6 Å². The van der Waals surface area contributed by atoms with Crippen molar-refractivity contribution in [2.75, 3.05) is 38.1 Å². The molecule has 3 heterocycles. The van der Waals surface area contributed by atoms with Crippen LogP contribution in [0.1, 0.15) is 59.8 Å². The molecule has 7 nitrogen and oxygen atoms in total. The summed E-state index contributed by atoms with van der Waals surface area (Å²) in [4.78, 5) is 30.4. The van der Waals surface area contributed by atoms with Crippen LogP contribution < -0.4 is 10.6 Å². The number of anilines is 1. The molecule has 0 radical (unpaired) electrons. The van der Waals surface area contributed by atoms with Crippen LogP contribution in [0.4, 0.5) is 10.5 Å². The van der Waals surface area contributed by atoms with Crippen LogP contribution in [0, 0.1) is 5.92 Å². The molecular weight excluding hydrogens is 452 g/mol. The fourth-order valence-electron chi connectivity index (χ4n) is 6.18. The summed E-state index contributed by atoms with van der Waals surface area (Å²) in [5, 5.41) is 6.86. The third-order valence-electron chi connectivity index (χ3n) is 7.94. The molecule has 0 spiro atoms. The fraction of sp³-hybridized carbons (Fsp3) is 0.448. The van der Waals surface area contributed by atoms with Crippen LogP contribution in [-0.4, -0.2) is 60.6 Å². The van der Waals surface area contributed by atoms with Gasteiger partial charge < -0.3 is 20.3 Å². The second kappa shape index (κ2) is 10.7. The highest BCUT2D eigenvalue weighted by molar-refractivity contribution is 5.95. The first-order valence-electron chi connectivity index (χ1n) is 13.1. The van der Waals surface area contributed by atoms with Crippen molar-refractivity contribution >= 4 is 17.7 Å². The van der Waals surface area contributed by atoms with Gasteiger partial charge in [-0.15, -0.1) is 0 Å². The number of hydrogen-bond acceptors (Lipinski definition) is 5. The normalized spacial score (nSPS) is 25.0. The van der Waals surface area contributed by atoms with Crippen molar-refractivity contribution in [2.24, 2.45) is 5.92 Å². The Morgan fingerprint density at radius 3 is 2.78 bits per heavy atom. The first-order chi connectivity index (χ1) is 17.6. The number of rotatable bonds is 7. The number of carbonyl (C=O) groups excluding carboxylic acids is 2. The van der Waals surface area contributed by atoms with Crippen LogP contribution in [-0.2, 0) is 4.74 Å². The maximum absolute atomic E-state index is 13.2. The molecule has 0 aromatic heterocycles. The number of amides is 2. The highest BCUT2D eigenvalue weighted by atomic mass is 16.6. The van der Waals surface area contributed by atoms with E-state index in [1.165, 1.54) is 12.0 Å². The van der Waals surface area contributed by atoms with Crippen molar-refractivity contribution < 1.29 is 14.3 Å². The van der Waals surface area contributed by atoms with Crippen LogP contribution >= 0.6 is 0 Å². The Hall–Kier alpha value is -3.32. The summed E-state index contributed by atoms with van der Waals surface area (Å²) in [6, 6.07) is 16.5. The topological polar surface area (TPSA) is 73.9 Å². The average molecular weight is 489 g/mol. The molecule has 5 rings (SSSR count). The van der Waals surface area contributed by atoms with Gasteiger partial charge in [-0.05, 0) is 61.7 Å². The van der Waals surface area contributed by atoms with Crippen molar-refractivity contribution in [3.05, 3.63) is 77.9 Å². The summed E-state index contributed by atoms with van der Waals surface area (Å²) in [6.07, 6.45) is 4.40. The van der Waals surface area contributed by atoms with Gasteiger partial charge in [-0.2, -0.15) is 0 Å². The lowest BCUT2D eigenvalue weighted by atomic mass is 9.79. The third-order valence-corrected chi connectivity index (χ3v) is 7.94. The van der Waals surface area contributed by atoms with Crippen molar-refractivity contribution in [1.29, 1.82) is 0 Å². The highest BCUT2D eigenvalue weighted by Gasteiger charge is 2.47. The Kier molecular flexibility index (Phi) is 7.28. The van der Waals surface area contributed by atoms with E-state index in [0.717, 1.165) is 37.2 Å². The molecule has 3 aliphatic heterocycles. The van der Waals surface area contributed by atoms with Gasteiger partial charge in [0.2, 0.25) is 0 Å². The zero-order valence-corrected chi connectivity index (χ0v) is 21.0. The number of nitrogens with zero attached hydrogens (tertiary/aromatic N) is 2. The highest BCUT2D eigenvalue weighted by Crippen LogP contribution is 2.51. The van der Waals surface area contributed by atoms with E-state index in [0.29, 0.717) is 24.7 Å². The summed E-state index contributed by atoms with van der Waals surface area (Å²) in [5.41, 5.74) is 3.75. The van der Waals surface area contributed by atoms with Gasteiger partial charge in [0, 0.05) is 36.3 Å². The zero-order valence-electron chi connectivity index (χ0n) is 21.0. The zero-order chi connectivity index (χ0) is 25.1. The fourth-order valence-corrected chi connectivity index (χ4v) is 6.18. The van der Waals surface area contributed by atoms with E-state index in [1.54, 1.807) is 6.08 Å². The summed E-state index contributed by atoms with van der Waals surface area (Å²) < 4.78 is 5.44. The van der Waals surface area contributed by atoms with E-state index in [9.17, 15) is 9.59 Å². The lowest BCUT2D eigenvalue weighted by molar-refractivity contribution is 0.0941. The van der Waals surface area contributed by atoms with Crippen LogP contribution in [0.2, 0.25) is 0 Å². The Bertz CT molecular complexity index is 1100. The Balaban J connectivity index is 1.42. The monoisotopic (exact) mass is 488 g/mol. The molecule has 2 fully saturated rings. The molecule has 190 valence electrons. The van der Waals surface area contributed by atoms with E-state index in [4.69, 9.17) is 4.74 Å². The Labute approximate surface area is 213 Å². The molecule has 2 N–H and O–H groups in total. The number of hydrogen-bond donors (Lipinski definition) is 2. The number of ether oxygens (including phenoxy) is 1. The van der Waals surface area contributed by atoms with Crippen LogP contribution in [0.15, 0.2) is 61.2 Å². The van der Waals surface area contributed by atoms with Gasteiger partial charge in [-0.1, -0.05) is 49.9 Å². The van der Waals surface area contributed by atoms with E-state index in [2.05, 4.69) is 41.2 Å². The van der Waals surface area contributed by atoms with Gasteiger partial charge in [-0.3, -0.25) is 9.69 Å². The molecule has 0 aliphatic carbocycles. The number of nitrogens with one attached hydrogen (secondary N) is 2. The van der Waals surface area contributed by atoms with Crippen LogP contribution in [0.25, 0.3) is 0 Å². The predicted molar refractivity (Wildman–Crippen MR) is 141 cm³/mol. The molecule has 4 atom stereocenters. The minimum Gasteiger partial charge on any atom is -0.445 e. The predicted octanol–water partition coefficient (Wildman–Crippen LogP) is 4.75. The van der Waals surface area contributed by atoms with Crippen molar-refractivity contribution in [2.45, 2.75) is 44.3 Å². The first kappa shape index (κ1) is 24.4. The Morgan fingerprint density at radius 1 is 1.17 bits per heavy atom. The van der Waals surface area contributed by atoms with Gasteiger partial charge in [0.15, 0.2) is 0 Å². The maximum Gasteiger partial charge on any atom is 0.410 e. The molecule has 2 saturated heterocycles. The quantitative estimate of drug-likeness (QED) is 0.550. The van der Waals surface area contributed by atoms with Crippen molar-refractivity contribution in [3.8, 4) is 0 Å². The maximum atomic E-state index is 13.2. The lowest BCUT2D eigenvalue weighted by Gasteiger charge is -2.40. The van der Waals surface area contributed by atoms with Crippen molar-refractivity contribution in [1.82, 2.24) is 15.1 Å².